The van der Waals surface area contributed by atoms with Crippen LogP contribution in [0.3, 0.4) is 0 Å². The van der Waals surface area contributed by atoms with Crippen LogP contribution in [0.1, 0.15) is 21.5 Å². The zero-order valence-electron chi connectivity index (χ0n) is 13.5. The average Bonchev–Trinajstić information content (AvgIpc) is 3.04. The van der Waals surface area contributed by atoms with Crippen LogP contribution in [0.15, 0.2) is 72.1 Å². The molecule has 122 valence electrons. The van der Waals surface area contributed by atoms with Crippen LogP contribution in [0.5, 0.6) is 0 Å². The van der Waals surface area contributed by atoms with E-state index in [0.29, 0.717) is 12.1 Å². The van der Waals surface area contributed by atoms with E-state index < -0.39 is 0 Å². The SMILES string of the molecule is Cn1ccnc1SCc1cccc(C(=O)NCc2ccccc2)c1. The Balaban J connectivity index is 1.60. The van der Waals surface area contributed by atoms with Crippen molar-refractivity contribution in [2.75, 3.05) is 0 Å². The van der Waals surface area contributed by atoms with Crippen molar-refractivity contribution >= 4 is 17.7 Å². The maximum absolute atomic E-state index is 12.3. The molecule has 1 amide bonds. The molecule has 0 unspecified atom stereocenters. The molecule has 4 nitrogen and oxygen atoms in total. The highest BCUT2D eigenvalue weighted by Gasteiger charge is 2.07. The number of rotatable bonds is 6. The number of hydrogen-bond donors (Lipinski definition) is 1. The summed E-state index contributed by atoms with van der Waals surface area (Å²) in [6.07, 6.45) is 3.71. The lowest BCUT2D eigenvalue weighted by Gasteiger charge is -2.07. The molecule has 0 radical (unpaired) electrons. The Morgan fingerprint density at radius 1 is 1.12 bits per heavy atom. The van der Waals surface area contributed by atoms with Gasteiger partial charge in [0.15, 0.2) is 5.16 Å². The van der Waals surface area contributed by atoms with E-state index in [1.807, 2.05) is 72.4 Å². The maximum Gasteiger partial charge on any atom is 0.251 e. The molecule has 5 heteroatoms. The van der Waals surface area contributed by atoms with Crippen molar-refractivity contribution < 1.29 is 4.79 Å². The summed E-state index contributed by atoms with van der Waals surface area (Å²) < 4.78 is 1.99. The molecule has 0 fully saturated rings. The van der Waals surface area contributed by atoms with Crippen LogP contribution in [0.25, 0.3) is 0 Å². The molecule has 0 aliphatic rings. The molecule has 0 aliphatic carbocycles. The van der Waals surface area contributed by atoms with Gasteiger partial charge in [0.25, 0.3) is 5.91 Å². The molecule has 0 spiro atoms. The lowest BCUT2D eigenvalue weighted by atomic mass is 10.1. The predicted octanol–water partition coefficient (Wildman–Crippen LogP) is 3.64. The molecular weight excluding hydrogens is 318 g/mol. The Kier molecular flexibility index (Phi) is 5.33. The molecule has 2 aromatic carbocycles. The number of nitrogens with one attached hydrogen (secondary N) is 1. The van der Waals surface area contributed by atoms with Crippen molar-refractivity contribution in [3.05, 3.63) is 83.7 Å². The molecule has 1 N–H and O–H groups in total. The molecule has 0 saturated carbocycles. The van der Waals surface area contributed by atoms with Crippen LogP contribution in [-0.4, -0.2) is 15.5 Å². The molecule has 24 heavy (non-hydrogen) atoms. The fraction of sp³-hybridized carbons (Fsp3) is 0.158. The van der Waals surface area contributed by atoms with E-state index in [2.05, 4.69) is 10.3 Å². The summed E-state index contributed by atoms with van der Waals surface area (Å²) in [6.45, 7) is 0.534. The van der Waals surface area contributed by atoms with Gasteiger partial charge in [0.1, 0.15) is 0 Å². The highest BCUT2D eigenvalue weighted by atomic mass is 32.2. The number of amides is 1. The normalized spacial score (nSPS) is 10.5. The zero-order valence-corrected chi connectivity index (χ0v) is 14.3. The van der Waals surface area contributed by atoms with Gasteiger partial charge in [0.05, 0.1) is 0 Å². The topological polar surface area (TPSA) is 46.9 Å². The Morgan fingerprint density at radius 3 is 2.67 bits per heavy atom. The largest absolute Gasteiger partial charge is 0.348 e. The summed E-state index contributed by atoms with van der Waals surface area (Å²) in [5, 5.41) is 3.93. The maximum atomic E-state index is 12.3. The highest BCUT2D eigenvalue weighted by molar-refractivity contribution is 7.98. The Hall–Kier alpha value is -2.53. The van der Waals surface area contributed by atoms with Crippen LogP contribution in [-0.2, 0) is 19.3 Å². The van der Waals surface area contributed by atoms with Crippen LogP contribution < -0.4 is 5.32 Å². The number of carbonyl (C=O) groups is 1. The summed E-state index contributed by atoms with van der Waals surface area (Å²) in [5.74, 6) is 0.729. The first-order chi connectivity index (χ1) is 11.7. The molecular formula is C19H19N3OS. The number of hydrogen-bond acceptors (Lipinski definition) is 3. The van der Waals surface area contributed by atoms with Gasteiger partial charge >= 0.3 is 0 Å². The van der Waals surface area contributed by atoms with Gasteiger partial charge in [-0.1, -0.05) is 54.2 Å². The molecule has 1 aromatic heterocycles. The zero-order chi connectivity index (χ0) is 16.8. The smallest absolute Gasteiger partial charge is 0.251 e. The van der Waals surface area contributed by atoms with Gasteiger partial charge in [-0.2, -0.15) is 0 Å². The van der Waals surface area contributed by atoms with Crippen molar-refractivity contribution in [3.8, 4) is 0 Å². The summed E-state index contributed by atoms with van der Waals surface area (Å²) in [5.41, 5.74) is 2.88. The minimum atomic E-state index is -0.0531. The predicted molar refractivity (Wildman–Crippen MR) is 96.8 cm³/mol. The number of benzene rings is 2. The van der Waals surface area contributed by atoms with Crippen molar-refractivity contribution in [3.63, 3.8) is 0 Å². The van der Waals surface area contributed by atoms with Crippen LogP contribution in [0.2, 0.25) is 0 Å². The van der Waals surface area contributed by atoms with Crippen molar-refractivity contribution in [2.24, 2.45) is 7.05 Å². The number of thioether (sulfide) groups is 1. The third-order valence-electron chi connectivity index (χ3n) is 3.63. The third kappa shape index (κ3) is 4.26. The van der Waals surface area contributed by atoms with Crippen LogP contribution in [0, 0.1) is 0 Å². The first-order valence-electron chi connectivity index (χ1n) is 7.73. The second-order valence-electron chi connectivity index (χ2n) is 5.48. The highest BCUT2D eigenvalue weighted by Crippen LogP contribution is 2.21. The van der Waals surface area contributed by atoms with Crippen LogP contribution in [0.4, 0.5) is 0 Å². The Bertz CT molecular complexity index is 814. The Labute approximate surface area is 145 Å². The van der Waals surface area contributed by atoms with Gasteiger partial charge in [0.2, 0.25) is 0 Å². The summed E-state index contributed by atoms with van der Waals surface area (Å²) >= 11 is 1.66. The molecule has 3 rings (SSSR count). The first kappa shape index (κ1) is 16.3. The van der Waals surface area contributed by atoms with Crippen LogP contribution >= 0.6 is 11.8 Å². The average molecular weight is 337 g/mol. The number of nitrogens with zero attached hydrogens (tertiary/aromatic N) is 2. The van der Waals surface area contributed by atoms with Gasteiger partial charge in [0, 0.05) is 37.3 Å². The minimum absolute atomic E-state index is 0.0531. The van der Waals surface area contributed by atoms with Gasteiger partial charge in [-0.05, 0) is 23.3 Å². The second-order valence-corrected chi connectivity index (χ2v) is 6.42. The van der Waals surface area contributed by atoms with Gasteiger partial charge in [-0.15, -0.1) is 0 Å². The lowest BCUT2D eigenvalue weighted by Crippen LogP contribution is -2.22. The molecule has 1 heterocycles. The number of imidazole rings is 1. The van der Waals surface area contributed by atoms with E-state index in [1.54, 1.807) is 18.0 Å². The molecule has 3 aromatic rings. The number of aryl methyl sites for hydroxylation is 1. The summed E-state index contributed by atoms with van der Waals surface area (Å²) in [4.78, 5) is 16.6. The molecule has 0 saturated heterocycles. The van der Waals surface area contributed by atoms with Crippen molar-refractivity contribution in [1.82, 2.24) is 14.9 Å². The Morgan fingerprint density at radius 2 is 1.92 bits per heavy atom. The fourth-order valence-electron chi connectivity index (χ4n) is 2.32. The van der Waals surface area contributed by atoms with Crippen molar-refractivity contribution in [2.45, 2.75) is 17.5 Å². The fourth-order valence-corrected chi connectivity index (χ4v) is 3.20. The van der Waals surface area contributed by atoms with E-state index in [0.717, 1.165) is 22.0 Å². The minimum Gasteiger partial charge on any atom is -0.348 e. The van der Waals surface area contributed by atoms with E-state index in [1.165, 1.54) is 0 Å². The number of aromatic nitrogens is 2. The van der Waals surface area contributed by atoms with E-state index in [-0.39, 0.29) is 5.91 Å². The van der Waals surface area contributed by atoms with E-state index in [9.17, 15) is 4.79 Å². The quantitative estimate of drug-likeness (QED) is 0.699. The standard InChI is InChI=1S/C19H19N3OS/c1-22-11-10-20-19(22)24-14-16-8-5-9-17(12-16)18(23)21-13-15-6-3-2-4-7-15/h2-12H,13-14H2,1H3,(H,21,23). The lowest BCUT2D eigenvalue weighted by molar-refractivity contribution is 0.0951. The first-order valence-corrected chi connectivity index (χ1v) is 8.72. The molecule has 0 atom stereocenters. The summed E-state index contributed by atoms with van der Waals surface area (Å²) in [7, 11) is 1.97. The van der Waals surface area contributed by atoms with Gasteiger partial charge in [-0.25, -0.2) is 4.98 Å². The third-order valence-corrected chi connectivity index (χ3v) is 4.76. The molecule has 0 aliphatic heterocycles. The van der Waals surface area contributed by atoms with Crippen molar-refractivity contribution in [1.29, 1.82) is 0 Å². The summed E-state index contributed by atoms with van der Waals surface area (Å²) in [6, 6.07) is 17.6. The van der Waals surface area contributed by atoms with E-state index >= 15 is 0 Å². The molecule has 0 bridgehead atoms. The second kappa shape index (κ2) is 7.84. The van der Waals surface area contributed by atoms with Gasteiger partial charge < -0.3 is 9.88 Å². The van der Waals surface area contributed by atoms with Gasteiger partial charge in [-0.3, -0.25) is 4.79 Å². The number of carbonyl (C=O) groups excluding carboxylic acids is 1. The monoisotopic (exact) mass is 337 g/mol. The van der Waals surface area contributed by atoms with E-state index in [4.69, 9.17) is 0 Å².